The molecule has 0 spiro atoms. The topological polar surface area (TPSA) is 25.5 Å². The van der Waals surface area contributed by atoms with Gasteiger partial charge in [0.2, 0.25) is 0 Å². The van der Waals surface area contributed by atoms with Crippen LogP contribution in [0.1, 0.15) is 0 Å². The molecule has 0 bridgehead atoms. The molecule has 0 saturated carbocycles. The molecule has 0 saturated heterocycles. The Bertz CT molecular complexity index is 78.5. The zero-order valence-corrected chi connectivity index (χ0v) is 5.76. The van der Waals surface area contributed by atoms with E-state index >= 15 is 0 Å². The summed E-state index contributed by atoms with van der Waals surface area (Å²) < 4.78 is 0. The van der Waals surface area contributed by atoms with Gasteiger partial charge in [-0.2, -0.15) is 0 Å². The van der Waals surface area contributed by atoms with Crippen molar-refractivity contribution >= 4 is 6.21 Å². The lowest BCUT2D eigenvalue weighted by molar-refractivity contribution is -0.00000171. The van der Waals surface area contributed by atoms with E-state index in [1.54, 1.807) is 12.3 Å². The molecule has 46 valence electrons. The molecule has 0 unspecified atom stereocenters. The molecular formula is C5H9ClN2. The molecule has 8 heavy (non-hydrogen) atoms. The Morgan fingerprint density at radius 1 is 1.38 bits per heavy atom. The number of halogens is 1. The van der Waals surface area contributed by atoms with Gasteiger partial charge >= 0.3 is 11.6 Å². The second kappa shape index (κ2) is 6.50. The van der Waals surface area contributed by atoms with E-state index in [9.17, 15) is 0 Å². The van der Waals surface area contributed by atoms with E-state index in [1.165, 1.54) is 0 Å². The van der Waals surface area contributed by atoms with Crippen molar-refractivity contribution < 1.29 is 12.4 Å². The quantitative estimate of drug-likeness (QED) is 0.367. The van der Waals surface area contributed by atoms with Crippen molar-refractivity contribution in [3.05, 3.63) is 12.3 Å². The molecule has 0 aromatic rings. The van der Waals surface area contributed by atoms with E-state index in [0.717, 1.165) is 6.21 Å². The van der Waals surface area contributed by atoms with Gasteiger partial charge in [0.05, 0.1) is 0 Å². The summed E-state index contributed by atoms with van der Waals surface area (Å²) in [6.07, 6.45) is 4.31. The first-order valence-corrected chi connectivity index (χ1v) is 2.08. The van der Waals surface area contributed by atoms with E-state index < -0.39 is 0 Å². The minimum atomic E-state index is 0. The SMILES string of the molecule is CN(C)C=CC=[N+].[Cl-]. The highest BCUT2D eigenvalue weighted by Crippen LogP contribution is 1.70. The summed E-state index contributed by atoms with van der Waals surface area (Å²) in [7, 11) is 3.78. The molecule has 0 aliphatic carbocycles. The van der Waals surface area contributed by atoms with Crippen molar-refractivity contribution in [2.75, 3.05) is 14.1 Å². The van der Waals surface area contributed by atoms with Crippen molar-refractivity contribution in [2.24, 2.45) is 0 Å². The van der Waals surface area contributed by atoms with Gasteiger partial charge in [0.25, 0.3) is 0 Å². The van der Waals surface area contributed by atoms with Crippen LogP contribution in [0.3, 0.4) is 0 Å². The summed E-state index contributed by atoms with van der Waals surface area (Å²) >= 11 is 0. The average Bonchev–Trinajstić information content (AvgIpc) is 1.61. The first-order valence-electron chi connectivity index (χ1n) is 2.08. The molecule has 2 nitrogen and oxygen atoms in total. The average molecular weight is 133 g/mol. The Morgan fingerprint density at radius 3 is 2.00 bits per heavy atom. The van der Waals surface area contributed by atoms with Crippen LogP contribution < -0.4 is 17.8 Å². The van der Waals surface area contributed by atoms with Crippen LogP contribution in [0.15, 0.2) is 12.3 Å². The van der Waals surface area contributed by atoms with E-state index in [2.05, 4.69) is 0 Å². The largest absolute Gasteiger partial charge is 1.00 e. The smallest absolute Gasteiger partial charge is 0.419 e. The fourth-order valence-corrected chi connectivity index (χ4v) is 0.211. The highest BCUT2D eigenvalue weighted by atomic mass is 35.5. The summed E-state index contributed by atoms with van der Waals surface area (Å²) in [6, 6.07) is 0. The first-order chi connectivity index (χ1) is 3.27. The van der Waals surface area contributed by atoms with Crippen LogP contribution in [0.2, 0.25) is 0 Å². The first kappa shape index (κ1) is 10.5. The van der Waals surface area contributed by atoms with Gasteiger partial charge < -0.3 is 17.3 Å². The van der Waals surface area contributed by atoms with Gasteiger partial charge in [-0.05, 0) is 0 Å². The van der Waals surface area contributed by atoms with Crippen LogP contribution in [0.4, 0.5) is 0 Å². The lowest BCUT2D eigenvalue weighted by Gasteiger charge is -1.99. The van der Waals surface area contributed by atoms with Crippen molar-refractivity contribution in [1.82, 2.24) is 10.3 Å². The minimum absolute atomic E-state index is 0. The molecule has 0 aliphatic heterocycles. The Hall–Kier alpha value is -0.500. The number of hydrogen-bond acceptors (Lipinski definition) is 1. The van der Waals surface area contributed by atoms with Crippen LogP contribution in [-0.4, -0.2) is 25.2 Å². The number of allylic oxidation sites excluding steroid dienone is 1. The normalized spacial score (nSPS) is 8.25. The van der Waals surface area contributed by atoms with E-state index in [0.29, 0.717) is 0 Å². The highest BCUT2D eigenvalue weighted by molar-refractivity contribution is 5.68. The Labute approximate surface area is 56.1 Å². The van der Waals surface area contributed by atoms with Gasteiger partial charge in [-0.1, -0.05) is 0 Å². The number of nitrogens with zero attached hydrogens (tertiary/aromatic N) is 2. The van der Waals surface area contributed by atoms with Gasteiger partial charge in [0.15, 0.2) is 0 Å². The van der Waals surface area contributed by atoms with Crippen molar-refractivity contribution in [2.45, 2.75) is 0 Å². The van der Waals surface area contributed by atoms with Crippen LogP contribution in [0, 0.1) is 0 Å². The number of rotatable bonds is 2. The third-order valence-corrected chi connectivity index (χ3v) is 0.470. The Kier molecular flexibility index (Phi) is 8.51. The van der Waals surface area contributed by atoms with Crippen LogP contribution in [-0.2, 0) is 0 Å². The lowest BCUT2D eigenvalue weighted by atomic mass is 10.6. The fraction of sp³-hybridized carbons (Fsp3) is 0.400. The van der Waals surface area contributed by atoms with E-state index in [4.69, 9.17) is 5.41 Å². The van der Waals surface area contributed by atoms with E-state index in [-0.39, 0.29) is 12.4 Å². The Balaban J connectivity index is 0. The number of hydrogen-bond donors (Lipinski definition) is 0. The van der Waals surface area contributed by atoms with Crippen LogP contribution in [0.25, 0.3) is 0 Å². The third-order valence-electron chi connectivity index (χ3n) is 0.470. The maximum atomic E-state index is 8.08. The summed E-state index contributed by atoms with van der Waals surface area (Å²) in [5.41, 5.74) is 0. The summed E-state index contributed by atoms with van der Waals surface area (Å²) in [4.78, 5) is 1.84. The fourth-order valence-electron chi connectivity index (χ4n) is 0.211. The zero-order chi connectivity index (χ0) is 5.70. The van der Waals surface area contributed by atoms with Crippen molar-refractivity contribution in [3.63, 3.8) is 0 Å². The summed E-state index contributed by atoms with van der Waals surface area (Å²) in [6.45, 7) is 0. The van der Waals surface area contributed by atoms with Gasteiger partial charge in [0, 0.05) is 26.4 Å². The molecule has 0 amide bonds. The molecule has 2 radical (unpaired) electrons. The minimum Gasteiger partial charge on any atom is -1.00 e. The van der Waals surface area contributed by atoms with Crippen molar-refractivity contribution in [1.29, 1.82) is 0 Å². The zero-order valence-electron chi connectivity index (χ0n) is 5.00. The maximum Gasteiger partial charge on any atom is 0.419 e. The molecule has 0 heterocycles. The monoisotopic (exact) mass is 132 g/mol. The van der Waals surface area contributed by atoms with E-state index in [1.807, 2.05) is 19.0 Å². The van der Waals surface area contributed by atoms with Crippen LogP contribution >= 0.6 is 0 Å². The molecule has 0 rings (SSSR count). The molecule has 0 aromatic heterocycles. The molecule has 0 N–H and O–H groups in total. The predicted octanol–water partition coefficient (Wildman–Crippen LogP) is -3.06. The molecule has 0 aliphatic rings. The summed E-state index contributed by atoms with van der Waals surface area (Å²) in [5, 5.41) is 8.08. The molecule has 0 atom stereocenters. The molecule has 0 fully saturated rings. The molecule has 0 aromatic carbocycles. The van der Waals surface area contributed by atoms with Gasteiger partial charge in [-0.15, -0.1) is 0 Å². The van der Waals surface area contributed by atoms with Crippen molar-refractivity contribution in [3.8, 4) is 0 Å². The van der Waals surface area contributed by atoms with Gasteiger partial charge in [-0.25, -0.2) is 0 Å². The maximum absolute atomic E-state index is 8.08. The van der Waals surface area contributed by atoms with Gasteiger partial charge in [-0.3, -0.25) is 0 Å². The Morgan fingerprint density at radius 2 is 1.88 bits per heavy atom. The molecule has 3 heteroatoms. The highest BCUT2D eigenvalue weighted by Gasteiger charge is 1.74. The third kappa shape index (κ3) is 9.09. The van der Waals surface area contributed by atoms with Gasteiger partial charge in [0.1, 0.15) is 0 Å². The standard InChI is InChI=1S/C5H9N2.ClH/c1-7(2)5-3-4-6;/h3-5H,1-2H3;1H/q+1;/p-1. The predicted molar refractivity (Wildman–Crippen MR) is 31.0 cm³/mol. The summed E-state index contributed by atoms with van der Waals surface area (Å²) in [5.74, 6) is 0. The second-order valence-electron chi connectivity index (χ2n) is 1.45. The van der Waals surface area contributed by atoms with Crippen LogP contribution in [0.5, 0.6) is 0 Å². The lowest BCUT2D eigenvalue weighted by Crippen LogP contribution is -3.00. The molecular weight excluding hydrogens is 124 g/mol. The second-order valence-corrected chi connectivity index (χ2v) is 1.45.